The van der Waals surface area contributed by atoms with E-state index in [2.05, 4.69) is 27.7 Å². The van der Waals surface area contributed by atoms with Crippen LogP contribution in [0.25, 0.3) is 0 Å². The summed E-state index contributed by atoms with van der Waals surface area (Å²) in [4.78, 5) is 0. The van der Waals surface area contributed by atoms with Gasteiger partial charge in [-0.1, -0.05) is 34.1 Å². The molecule has 0 amide bonds. The van der Waals surface area contributed by atoms with E-state index in [1.807, 2.05) is 6.08 Å². The third-order valence-corrected chi connectivity index (χ3v) is 11.4. The highest BCUT2D eigenvalue weighted by molar-refractivity contribution is 7.92. The maximum absolute atomic E-state index is 13.7. The van der Waals surface area contributed by atoms with Crippen LogP contribution >= 0.6 is 0 Å². The number of allylic oxidation sites excluding steroid dienone is 2. The molecule has 0 radical (unpaired) electrons. The Morgan fingerprint density at radius 3 is 2.31 bits per heavy atom. The summed E-state index contributed by atoms with van der Waals surface area (Å²) in [6.07, 6.45) is 7.47. The molecule has 29 heavy (non-hydrogen) atoms. The molecule has 0 bridgehead atoms. The normalized spacial score (nSPS) is 45.4. The Bertz CT molecular complexity index is 873. The number of fused-ring (bicyclic) bond motifs is 5. The number of ether oxygens (including phenoxy) is 2. The molecule has 164 valence electrons. The van der Waals surface area contributed by atoms with Crippen LogP contribution in [0.1, 0.15) is 59.8 Å². The van der Waals surface area contributed by atoms with Crippen molar-refractivity contribution in [3.63, 3.8) is 0 Å². The molecule has 1 saturated heterocycles. The van der Waals surface area contributed by atoms with Crippen LogP contribution in [0.4, 0.5) is 0 Å². The van der Waals surface area contributed by atoms with Gasteiger partial charge in [-0.2, -0.15) is 0 Å². The van der Waals surface area contributed by atoms with Gasteiger partial charge in [-0.05, 0) is 53.8 Å². The van der Waals surface area contributed by atoms with Gasteiger partial charge in [-0.3, -0.25) is 0 Å². The zero-order valence-electron chi connectivity index (χ0n) is 18.7. The molecule has 6 atom stereocenters. The Balaban J connectivity index is 1.88. The lowest BCUT2D eigenvalue weighted by Gasteiger charge is -2.66. The van der Waals surface area contributed by atoms with Crippen LogP contribution in [-0.2, 0) is 19.3 Å². The van der Waals surface area contributed by atoms with E-state index in [4.69, 9.17) is 15.2 Å². The standard InChI is InChI=1S/C23H37NO4S/c1-21(2)9-7-10-22(3)16(21)8-11-23(4)17(22)13-29(25,26)20-18(23)14(27-5)12-15(28-6)19(20)24/h12,16-18,20H,7-11,13,24H2,1-6H3/t16-,17+,18?,20?,22-,23+/m0/s1. The molecule has 5 nitrogen and oxygen atoms in total. The summed E-state index contributed by atoms with van der Waals surface area (Å²) in [6, 6.07) is 0. The summed E-state index contributed by atoms with van der Waals surface area (Å²) in [5.41, 5.74) is 6.85. The highest BCUT2D eigenvalue weighted by Gasteiger charge is 2.67. The number of hydrogen-bond acceptors (Lipinski definition) is 5. The molecule has 3 aliphatic carbocycles. The molecule has 1 heterocycles. The van der Waals surface area contributed by atoms with Gasteiger partial charge >= 0.3 is 0 Å². The van der Waals surface area contributed by atoms with Crippen LogP contribution in [0.2, 0.25) is 0 Å². The van der Waals surface area contributed by atoms with Gasteiger partial charge in [-0.25, -0.2) is 8.42 Å². The average Bonchev–Trinajstić information content (AvgIpc) is 2.63. The molecule has 4 rings (SSSR count). The number of methoxy groups -OCH3 is 2. The largest absolute Gasteiger partial charge is 0.501 e. The lowest BCUT2D eigenvalue weighted by atomic mass is 9.41. The average molecular weight is 424 g/mol. The minimum Gasteiger partial charge on any atom is -0.501 e. The summed E-state index contributed by atoms with van der Waals surface area (Å²) in [5.74, 6) is 1.74. The molecular formula is C23H37NO4S. The van der Waals surface area contributed by atoms with Crippen molar-refractivity contribution >= 4 is 9.84 Å². The van der Waals surface area contributed by atoms with Gasteiger partial charge in [0.05, 0.1) is 25.7 Å². The fraction of sp³-hybridized carbons (Fsp3) is 0.826. The first-order chi connectivity index (χ1) is 13.4. The van der Waals surface area contributed by atoms with Gasteiger partial charge in [-0.15, -0.1) is 0 Å². The van der Waals surface area contributed by atoms with Crippen LogP contribution < -0.4 is 5.73 Å². The zero-order chi connectivity index (χ0) is 21.4. The Morgan fingerprint density at radius 2 is 1.69 bits per heavy atom. The van der Waals surface area contributed by atoms with Crippen LogP contribution in [0.5, 0.6) is 0 Å². The van der Waals surface area contributed by atoms with Crippen LogP contribution in [0.3, 0.4) is 0 Å². The van der Waals surface area contributed by atoms with E-state index in [0.29, 0.717) is 23.1 Å². The predicted octanol–water partition coefficient (Wildman–Crippen LogP) is 4.01. The Morgan fingerprint density at radius 1 is 1.00 bits per heavy atom. The van der Waals surface area contributed by atoms with E-state index < -0.39 is 15.1 Å². The second-order valence-corrected chi connectivity index (χ2v) is 13.2. The van der Waals surface area contributed by atoms with E-state index in [1.54, 1.807) is 7.11 Å². The highest BCUT2D eigenvalue weighted by atomic mass is 32.2. The maximum atomic E-state index is 13.7. The molecule has 2 unspecified atom stereocenters. The molecule has 0 aromatic carbocycles. The molecule has 0 spiro atoms. The van der Waals surface area contributed by atoms with Crippen molar-refractivity contribution in [2.75, 3.05) is 20.0 Å². The molecule has 4 aliphatic rings. The summed E-state index contributed by atoms with van der Waals surface area (Å²) >= 11 is 0. The Labute approximate surface area is 176 Å². The van der Waals surface area contributed by atoms with Gasteiger partial charge in [0, 0.05) is 12.0 Å². The van der Waals surface area contributed by atoms with Gasteiger partial charge in [0.25, 0.3) is 0 Å². The number of nitrogens with two attached hydrogens (primary N) is 1. The number of rotatable bonds is 2. The Kier molecular flexibility index (Phi) is 4.66. The summed E-state index contributed by atoms with van der Waals surface area (Å²) in [6.45, 7) is 9.43. The SMILES string of the molecule is COC1=CC(OC)=C(N)C2C1[C@]1(C)CC[C@H]3C(C)(C)CCC[C@]3(C)[C@H]1CS2(=O)=O. The lowest BCUT2D eigenvalue weighted by molar-refractivity contribution is -0.141. The summed E-state index contributed by atoms with van der Waals surface area (Å²) < 4.78 is 38.5. The fourth-order valence-corrected chi connectivity index (χ4v) is 10.8. The van der Waals surface area contributed by atoms with Crippen molar-refractivity contribution in [3.05, 3.63) is 23.3 Å². The predicted molar refractivity (Wildman–Crippen MR) is 114 cm³/mol. The van der Waals surface area contributed by atoms with Crippen molar-refractivity contribution in [2.45, 2.75) is 65.0 Å². The quantitative estimate of drug-likeness (QED) is 0.726. The van der Waals surface area contributed by atoms with Crippen molar-refractivity contribution < 1.29 is 17.9 Å². The molecule has 2 saturated carbocycles. The first kappa shape index (κ1) is 21.1. The number of sulfone groups is 1. The summed E-state index contributed by atoms with van der Waals surface area (Å²) in [7, 11) is -0.273. The van der Waals surface area contributed by atoms with Crippen molar-refractivity contribution in [1.82, 2.24) is 0 Å². The van der Waals surface area contributed by atoms with Crippen LogP contribution in [0.15, 0.2) is 23.3 Å². The topological polar surface area (TPSA) is 78.6 Å². The third-order valence-electron chi connectivity index (χ3n) is 9.27. The van der Waals surface area contributed by atoms with E-state index in [0.717, 1.165) is 19.3 Å². The molecule has 2 N–H and O–H groups in total. The monoisotopic (exact) mass is 423 g/mol. The minimum absolute atomic E-state index is 0.0195. The van der Waals surface area contributed by atoms with Gasteiger partial charge < -0.3 is 15.2 Å². The number of hydrogen-bond donors (Lipinski definition) is 1. The first-order valence-electron chi connectivity index (χ1n) is 10.9. The van der Waals surface area contributed by atoms with E-state index >= 15 is 0 Å². The molecule has 6 heteroatoms. The lowest BCUT2D eigenvalue weighted by Crippen LogP contribution is -2.65. The van der Waals surface area contributed by atoms with E-state index in [9.17, 15) is 8.42 Å². The van der Waals surface area contributed by atoms with Crippen molar-refractivity contribution in [3.8, 4) is 0 Å². The Hall–Kier alpha value is -1.17. The zero-order valence-corrected chi connectivity index (χ0v) is 19.6. The highest BCUT2D eigenvalue weighted by Crippen LogP contribution is 2.69. The summed E-state index contributed by atoms with van der Waals surface area (Å²) in [5, 5.41) is -0.754. The van der Waals surface area contributed by atoms with Gasteiger partial charge in [0.15, 0.2) is 9.84 Å². The molecule has 0 aromatic heterocycles. The second-order valence-electron chi connectivity index (χ2n) is 11.0. The van der Waals surface area contributed by atoms with Gasteiger partial charge in [0.2, 0.25) is 0 Å². The van der Waals surface area contributed by atoms with Crippen molar-refractivity contribution in [1.29, 1.82) is 0 Å². The fourth-order valence-electron chi connectivity index (χ4n) is 7.98. The molecule has 0 aromatic rings. The maximum Gasteiger partial charge on any atom is 0.159 e. The van der Waals surface area contributed by atoms with E-state index in [1.165, 1.54) is 20.0 Å². The molecule has 1 aliphatic heterocycles. The smallest absolute Gasteiger partial charge is 0.159 e. The second kappa shape index (κ2) is 6.41. The molecular weight excluding hydrogens is 386 g/mol. The van der Waals surface area contributed by atoms with Crippen molar-refractivity contribution in [2.24, 2.45) is 39.7 Å². The third kappa shape index (κ3) is 2.73. The van der Waals surface area contributed by atoms with Crippen LogP contribution in [0, 0.1) is 34.0 Å². The molecule has 3 fully saturated rings. The van der Waals surface area contributed by atoms with Gasteiger partial charge in [0.1, 0.15) is 16.8 Å². The van der Waals surface area contributed by atoms with Crippen LogP contribution in [-0.4, -0.2) is 33.6 Å². The van der Waals surface area contributed by atoms with E-state index in [-0.39, 0.29) is 33.8 Å². The first-order valence-corrected chi connectivity index (χ1v) is 12.6. The minimum atomic E-state index is -3.44.